The summed E-state index contributed by atoms with van der Waals surface area (Å²) in [6.07, 6.45) is 3.18. The van der Waals surface area contributed by atoms with Gasteiger partial charge in [0, 0.05) is 61.6 Å². The molecule has 17 nitrogen and oxygen atoms in total. The summed E-state index contributed by atoms with van der Waals surface area (Å²) in [5.74, 6) is 1.04. The largest absolute Gasteiger partial charge is 0.481 e. The molecule has 23 heteroatoms. The number of H-pyrrole nitrogens is 1. The van der Waals surface area contributed by atoms with E-state index in [2.05, 4.69) is 76.1 Å². The smallest absolute Gasteiger partial charge is 0.335 e. The van der Waals surface area contributed by atoms with Crippen molar-refractivity contribution in [3.8, 4) is 45.4 Å². The molecule has 396 valence electrons. The Hall–Kier alpha value is -7.05. The van der Waals surface area contributed by atoms with Crippen LogP contribution < -0.4 is 20.5 Å². The van der Waals surface area contributed by atoms with Crippen LogP contribution in [0.5, 0.6) is 11.8 Å². The number of aromatic amines is 1. The topological polar surface area (TPSA) is 232 Å². The van der Waals surface area contributed by atoms with Crippen LogP contribution in [-0.4, -0.2) is 85.6 Å². The van der Waals surface area contributed by atoms with E-state index >= 15 is 0 Å². The zero-order valence-electron chi connectivity index (χ0n) is 42.8. The first-order valence-electron chi connectivity index (χ1n) is 23.3. The zero-order chi connectivity index (χ0) is 54.9. The molecule has 75 heavy (non-hydrogen) atoms. The Morgan fingerprint density at radius 1 is 0.760 bits per heavy atom. The molecular weight excluding hydrogens is 1090 g/mol. The highest BCUT2D eigenvalue weighted by Gasteiger charge is 2.24. The lowest BCUT2D eigenvalue weighted by Crippen LogP contribution is -2.22. The van der Waals surface area contributed by atoms with Gasteiger partial charge in [0.2, 0.25) is 32.7 Å². The third-order valence-electron chi connectivity index (χ3n) is 10.9. The molecule has 8 aromatic rings. The average molecular weight is 1150 g/mol. The Morgan fingerprint density at radius 3 is 1.84 bits per heavy atom. The molecule has 0 atom stereocenters. The summed E-state index contributed by atoms with van der Waals surface area (Å²) in [7, 11) is -1.87. The molecule has 0 amide bonds. The van der Waals surface area contributed by atoms with E-state index in [4.69, 9.17) is 28.4 Å². The lowest BCUT2D eigenvalue weighted by atomic mass is 9.94. The number of nitrogens with zero attached hydrogens (tertiary/aromatic N) is 7. The second-order valence-corrected chi connectivity index (χ2v) is 26.6. The molecule has 4 aromatic heterocycles. The lowest BCUT2D eigenvalue weighted by Gasteiger charge is -2.18. The Kier molecular flexibility index (Phi) is 21.5. The van der Waals surface area contributed by atoms with E-state index in [1.165, 1.54) is 43.5 Å². The van der Waals surface area contributed by atoms with Crippen molar-refractivity contribution in [1.82, 2.24) is 39.9 Å². The molecule has 0 saturated carbocycles. The number of hydrogen-bond donors (Lipinski definition) is 3. The number of methoxy groups -OCH3 is 2. The summed E-state index contributed by atoms with van der Waals surface area (Å²) >= 11 is 2.67. The monoisotopic (exact) mass is 1140 g/mol. The van der Waals surface area contributed by atoms with Crippen molar-refractivity contribution in [2.75, 3.05) is 31.9 Å². The number of aromatic nitrogens is 8. The summed E-state index contributed by atoms with van der Waals surface area (Å²) in [6.45, 7) is 16.1. The van der Waals surface area contributed by atoms with Gasteiger partial charge >= 0.3 is 11.6 Å². The van der Waals surface area contributed by atoms with Gasteiger partial charge in [-0.3, -0.25) is 0 Å². The van der Waals surface area contributed by atoms with Crippen molar-refractivity contribution in [3.63, 3.8) is 0 Å². The minimum absolute atomic E-state index is 0.0419. The summed E-state index contributed by atoms with van der Waals surface area (Å²) in [5.41, 5.74) is 12.5. The predicted octanol–water partition coefficient (Wildman–Crippen LogP) is 11.7. The standard InChI is InChI=1S/C23H22FN5O3S.C15H17FN2O.C14H20BrN3OSi.O2S/c1-14(2)18-12-16(24)13-19(15-9-10-25-20(11-15)32-3)21(18)26-22-27-23(29-28-22)33(30,31)17-7-5-4-6-8-17;1-9(2)12-7-11(16)8-13(15(12)17)10-4-5-18-14(6-10)19-3;1-20(2,3)10-9-19-11-18-14(15)16-13(17-18)12-7-5-4-6-8-12;1-3-2/h4-14H,1-3H3,(H2,26,27,28,29);4-9H,17H2,1-3H3;4-8H,9-11H2,1-3H3;. The van der Waals surface area contributed by atoms with Crippen LogP contribution in [0.25, 0.3) is 33.6 Å². The van der Waals surface area contributed by atoms with Crippen molar-refractivity contribution in [2.45, 2.75) is 82.0 Å². The Morgan fingerprint density at radius 2 is 1.29 bits per heavy atom. The van der Waals surface area contributed by atoms with Gasteiger partial charge in [-0.2, -0.15) is 13.4 Å². The van der Waals surface area contributed by atoms with Gasteiger partial charge < -0.3 is 25.3 Å². The maximum Gasteiger partial charge on any atom is 0.335 e. The van der Waals surface area contributed by atoms with Crippen molar-refractivity contribution >= 4 is 62.7 Å². The highest BCUT2D eigenvalue weighted by atomic mass is 79.9. The van der Waals surface area contributed by atoms with Crippen molar-refractivity contribution in [3.05, 3.63) is 149 Å². The maximum atomic E-state index is 14.5. The van der Waals surface area contributed by atoms with Gasteiger partial charge in [0.05, 0.1) is 24.8 Å². The van der Waals surface area contributed by atoms with Crippen molar-refractivity contribution < 1.29 is 39.8 Å². The third-order valence-corrected chi connectivity index (χ3v) is 14.8. The number of sulfone groups is 1. The second-order valence-electron chi connectivity index (χ2n) is 18.2. The number of anilines is 3. The average Bonchev–Trinajstić information content (AvgIpc) is 4.03. The quantitative estimate of drug-likeness (QED) is 0.0464. The molecule has 0 fully saturated rings. The third kappa shape index (κ3) is 16.7. The van der Waals surface area contributed by atoms with Gasteiger partial charge in [-0.05, 0) is 105 Å². The van der Waals surface area contributed by atoms with Crippen LogP contribution in [0.15, 0.2) is 136 Å². The molecule has 0 unspecified atom stereocenters. The first-order valence-corrected chi connectivity index (χ1v) is 29.9. The summed E-state index contributed by atoms with van der Waals surface area (Å²) in [5, 5.41) is 13.8. The van der Waals surface area contributed by atoms with E-state index in [1.807, 2.05) is 58.0 Å². The van der Waals surface area contributed by atoms with Gasteiger partial charge in [0.25, 0.3) is 0 Å². The molecule has 0 saturated heterocycles. The lowest BCUT2D eigenvalue weighted by molar-refractivity contribution is 0.0767. The highest BCUT2D eigenvalue weighted by molar-refractivity contribution is 9.10. The maximum absolute atomic E-state index is 14.5. The van der Waals surface area contributed by atoms with Gasteiger partial charge in [0.1, 0.15) is 18.4 Å². The predicted molar refractivity (Wildman–Crippen MR) is 293 cm³/mol. The van der Waals surface area contributed by atoms with Crippen LogP contribution in [0.2, 0.25) is 25.7 Å². The Bertz CT molecular complexity index is 3290. The molecule has 0 aliphatic carbocycles. The molecule has 0 bridgehead atoms. The van der Waals surface area contributed by atoms with E-state index in [0.717, 1.165) is 29.3 Å². The number of hydrogen-bond acceptors (Lipinski definition) is 15. The summed E-state index contributed by atoms with van der Waals surface area (Å²) < 4.78 is 89.0. The van der Waals surface area contributed by atoms with Gasteiger partial charge in [-0.25, -0.2) is 41.9 Å². The van der Waals surface area contributed by atoms with Crippen LogP contribution in [0.1, 0.15) is 50.7 Å². The van der Waals surface area contributed by atoms with Gasteiger partial charge in [-0.1, -0.05) is 95.9 Å². The molecule has 4 aromatic carbocycles. The molecule has 0 aliphatic rings. The minimum Gasteiger partial charge on any atom is -0.481 e. The molecule has 4 N–H and O–H groups in total. The van der Waals surface area contributed by atoms with E-state index in [9.17, 15) is 17.2 Å². The molecular formula is C52H59BrF2N10O7S2Si. The van der Waals surface area contributed by atoms with Gasteiger partial charge in [0.15, 0.2) is 10.6 Å². The van der Waals surface area contributed by atoms with Crippen LogP contribution >= 0.6 is 15.9 Å². The van der Waals surface area contributed by atoms with E-state index in [-0.39, 0.29) is 33.7 Å². The number of benzene rings is 4. The Balaban J connectivity index is 0.000000214. The highest BCUT2D eigenvalue weighted by Crippen LogP contribution is 2.39. The number of nitrogens with one attached hydrogen (secondary N) is 2. The molecule has 0 aliphatic heterocycles. The SMILES string of the molecule is COc1cc(-c2cc(F)cc(C(C)C)c2N)ccn1.COc1cc(-c2cc(F)cc(C(C)C)c2Nc2n[nH]c(S(=O)(=O)c3ccccc3)n2)ccn1.C[Si](C)(C)CCOCn1nc(-c2ccccc2)nc1Br.O=S=O. The van der Waals surface area contributed by atoms with Gasteiger partial charge in [-0.15, -0.1) is 10.2 Å². The van der Waals surface area contributed by atoms with Crippen LogP contribution in [0, 0.1) is 11.6 Å². The van der Waals surface area contributed by atoms with Crippen LogP contribution in [-0.2, 0) is 32.9 Å². The Labute approximate surface area is 448 Å². The van der Waals surface area contributed by atoms with E-state index in [1.54, 1.807) is 66.6 Å². The summed E-state index contributed by atoms with van der Waals surface area (Å²) in [6, 6.07) is 31.8. The number of ether oxygens (including phenoxy) is 3. The van der Waals surface area contributed by atoms with E-state index in [0.29, 0.717) is 62.7 Å². The van der Waals surface area contributed by atoms with Crippen molar-refractivity contribution in [2.24, 2.45) is 0 Å². The number of halogens is 3. The summed E-state index contributed by atoms with van der Waals surface area (Å²) in [4.78, 5) is 16.8. The molecule has 8 rings (SSSR count). The zero-order valence-corrected chi connectivity index (χ0v) is 47.1. The second kappa shape index (κ2) is 27.5. The molecule has 0 spiro atoms. The molecule has 0 radical (unpaired) electrons. The fourth-order valence-corrected chi connectivity index (χ4v) is 9.29. The van der Waals surface area contributed by atoms with Crippen LogP contribution in [0.3, 0.4) is 0 Å². The number of nitrogen functional groups attached to an aromatic ring is 1. The van der Waals surface area contributed by atoms with Crippen molar-refractivity contribution in [1.29, 1.82) is 0 Å². The fraction of sp³-hybridized carbons (Fsp3) is 0.269. The normalized spacial score (nSPS) is 11.1. The van der Waals surface area contributed by atoms with E-state index < -0.39 is 35.3 Å². The first-order chi connectivity index (χ1) is 35.7. The molecule has 4 heterocycles. The van der Waals surface area contributed by atoms with Crippen LogP contribution in [0.4, 0.5) is 26.1 Å². The number of pyridine rings is 2. The first kappa shape index (κ1) is 58.8. The number of nitrogens with two attached hydrogens (primary N) is 1. The number of rotatable bonds is 16. The fourth-order valence-electron chi connectivity index (χ4n) is 7.07. The minimum atomic E-state index is -3.87.